The zero-order valence-electron chi connectivity index (χ0n) is 17.5. The van der Waals surface area contributed by atoms with Crippen molar-refractivity contribution >= 4 is 41.7 Å². The van der Waals surface area contributed by atoms with Crippen molar-refractivity contribution in [3.8, 4) is 5.75 Å². The molecule has 3 rings (SSSR count). The molecule has 6 nitrogen and oxygen atoms in total. The Balaban J connectivity index is 0.00000300. The molecule has 2 unspecified atom stereocenters. The molecule has 0 bridgehead atoms. The van der Waals surface area contributed by atoms with Crippen molar-refractivity contribution in [1.82, 2.24) is 15.5 Å². The summed E-state index contributed by atoms with van der Waals surface area (Å²) in [5, 5.41) is 17.4. The maximum Gasteiger partial charge on any atom is 0.191 e. The van der Waals surface area contributed by atoms with Gasteiger partial charge in [-0.3, -0.25) is 9.89 Å². The predicted octanol–water partition coefficient (Wildman–Crippen LogP) is 2.87. The molecule has 2 aliphatic heterocycles. The summed E-state index contributed by atoms with van der Waals surface area (Å²) in [6.07, 6.45) is 3.32. The van der Waals surface area contributed by atoms with E-state index in [1.807, 2.05) is 6.07 Å². The van der Waals surface area contributed by atoms with Crippen LogP contribution in [0.1, 0.15) is 37.8 Å². The van der Waals surface area contributed by atoms with E-state index >= 15 is 0 Å². The number of benzene rings is 1. The number of methoxy groups -OCH3 is 1. The molecule has 1 aromatic carbocycles. The number of rotatable bonds is 8. The minimum absolute atomic E-state index is 0. The average Bonchev–Trinajstić information content (AvgIpc) is 3.39. The van der Waals surface area contributed by atoms with Gasteiger partial charge in [-0.15, -0.1) is 24.0 Å². The third kappa shape index (κ3) is 7.18. The highest BCUT2D eigenvalue weighted by Gasteiger charge is 2.31. The third-order valence-corrected chi connectivity index (χ3v) is 6.72. The molecule has 0 spiro atoms. The van der Waals surface area contributed by atoms with Crippen LogP contribution in [0.25, 0.3) is 0 Å². The van der Waals surface area contributed by atoms with E-state index in [-0.39, 0.29) is 30.0 Å². The molecule has 2 saturated heterocycles. The lowest BCUT2D eigenvalue weighted by Crippen LogP contribution is -2.44. The highest BCUT2D eigenvalue weighted by molar-refractivity contribution is 14.0. The molecule has 29 heavy (non-hydrogen) atoms. The fourth-order valence-corrected chi connectivity index (χ4v) is 5.13. The van der Waals surface area contributed by atoms with E-state index in [0.717, 1.165) is 55.8 Å². The molecule has 0 aliphatic carbocycles. The third-order valence-electron chi connectivity index (χ3n) is 5.48. The van der Waals surface area contributed by atoms with E-state index in [1.54, 1.807) is 18.9 Å². The molecule has 2 aliphatic rings. The maximum atomic E-state index is 10.6. The molecular formula is C21H35IN4O2S. The van der Waals surface area contributed by atoms with Gasteiger partial charge >= 0.3 is 0 Å². The molecule has 0 amide bonds. The molecule has 8 heteroatoms. The first-order valence-corrected chi connectivity index (χ1v) is 11.5. The number of halogens is 1. The summed E-state index contributed by atoms with van der Waals surface area (Å²) < 4.78 is 5.43. The van der Waals surface area contributed by atoms with Crippen LogP contribution in [0.3, 0.4) is 0 Å². The van der Waals surface area contributed by atoms with E-state index in [0.29, 0.717) is 6.54 Å². The zero-order chi connectivity index (χ0) is 19.8. The van der Waals surface area contributed by atoms with Crippen molar-refractivity contribution < 1.29 is 9.84 Å². The Morgan fingerprint density at radius 2 is 2.14 bits per heavy atom. The van der Waals surface area contributed by atoms with Crippen LogP contribution in [0.5, 0.6) is 5.75 Å². The fraction of sp³-hybridized carbons (Fsp3) is 0.667. The van der Waals surface area contributed by atoms with Gasteiger partial charge in [-0.05, 0) is 62.7 Å². The van der Waals surface area contributed by atoms with Crippen molar-refractivity contribution in [3.63, 3.8) is 0 Å². The number of aliphatic imine (C=N–C) groups is 1. The van der Waals surface area contributed by atoms with Crippen LogP contribution in [-0.2, 0) is 0 Å². The SMILES string of the molecule is CCNC(=NCC1(O)CCSC1)NCC(c1cccc(OC)c1)N1CCCC1.I. The number of ether oxygens (including phenoxy) is 1. The van der Waals surface area contributed by atoms with Crippen molar-refractivity contribution in [2.75, 3.05) is 51.3 Å². The van der Waals surface area contributed by atoms with Crippen LogP contribution in [0.2, 0.25) is 0 Å². The van der Waals surface area contributed by atoms with Gasteiger partial charge in [0.05, 0.1) is 25.3 Å². The minimum atomic E-state index is -0.659. The van der Waals surface area contributed by atoms with E-state index in [1.165, 1.54) is 18.4 Å². The van der Waals surface area contributed by atoms with Crippen molar-refractivity contribution in [2.24, 2.45) is 4.99 Å². The van der Waals surface area contributed by atoms with E-state index < -0.39 is 5.60 Å². The van der Waals surface area contributed by atoms with Gasteiger partial charge in [-0.2, -0.15) is 11.8 Å². The first kappa shape index (κ1) is 24.6. The number of nitrogens with one attached hydrogen (secondary N) is 2. The summed E-state index contributed by atoms with van der Waals surface area (Å²) in [7, 11) is 1.71. The van der Waals surface area contributed by atoms with E-state index in [4.69, 9.17) is 4.74 Å². The molecule has 2 atom stereocenters. The van der Waals surface area contributed by atoms with Gasteiger partial charge in [0, 0.05) is 18.8 Å². The van der Waals surface area contributed by atoms with Crippen LogP contribution in [0, 0.1) is 0 Å². The van der Waals surface area contributed by atoms with Crippen molar-refractivity contribution in [2.45, 2.75) is 37.8 Å². The van der Waals surface area contributed by atoms with Gasteiger partial charge in [-0.1, -0.05) is 12.1 Å². The molecule has 0 aromatic heterocycles. The second-order valence-corrected chi connectivity index (χ2v) is 8.74. The largest absolute Gasteiger partial charge is 0.497 e. The first-order valence-electron chi connectivity index (χ1n) is 10.3. The van der Waals surface area contributed by atoms with Crippen LogP contribution < -0.4 is 15.4 Å². The van der Waals surface area contributed by atoms with E-state index in [9.17, 15) is 5.11 Å². The lowest BCUT2D eigenvalue weighted by atomic mass is 10.0. The quantitative estimate of drug-likeness (QED) is 0.271. The number of guanidine groups is 1. The molecular weight excluding hydrogens is 499 g/mol. The minimum Gasteiger partial charge on any atom is -0.497 e. The Hall–Kier alpha value is -0.710. The smallest absolute Gasteiger partial charge is 0.191 e. The molecule has 164 valence electrons. The molecule has 1 aromatic rings. The number of hydrogen-bond donors (Lipinski definition) is 3. The molecule has 0 radical (unpaired) electrons. The highest BCUT2D eigenvalue weighted by atomic mass is 127. The Bertz CT molecular complexity index is 649. The first-order chi connectivity index (χ1) is 13.6. The maximum absolute atomic E-state index is 10.6. The van der Waals surface area contributed by atoms with Gasteiger partial charge < -0.3 is 20.5 Å². The fourth-order valence-electron chi connectivity index (χ4n) is 3.84. The van der Waals surface area contributed by atoms with Gasteiger partial charge in [0.1, 0.15) is 5.75 Å². The molecule has 2 fully saturated rings. The number of nitrogens with zero attached hydrogens (tertiary/aromatic N) is 2. The Labute approximate surface area is 196 Å². The average molecular weight is 535 g/mol. The standard InChI is InChI=1S/C21H34N4O2S.HI/c1-3-22-20(24-15-21(26)9-12-28-16-21)23-14-19(25-10-4-5-11-25)17-7-6-8-18(13-17)27-2;/h6-8,13,19,26H,3-5,9-12,14-16H2,1-2H3,(H2,22,23,24);1H. The zero-order valence-corrected chi connectivity index (χ0v) is 20.7. The lowest BCUT2D eigenvalue weighted by molar-refractivity contribution is 0.0778. The van der Waals surface area contributed by atoms with Crippen molar-refractivity contribution in [1.29, 1.82) is 0 Å². The molecule has 3 N–H and O–H groups in total. The normalized spacial score (nSPS) is 23.5. The number of thioether (sulfide) groups is 1. The number of likely N-dealkylation sites (tertiary alicyclic amines) is 1. The summed E-state index contributed by atoms with van der Waals surface area (Å²) in [6, 6.07) is 8.63. The molecule has 0 saturated carbocycles. The monoisotopic (exact) mass is 534 g/mol. The summed E-state index contributed by atoms with van der Waals surface area (Å²) >= 11 is 1.80. The Kier molecular flexibility index (Phi) is 10.3. The highest BCUT2D eigenvalue weighted by Crippen LogP contribution is 2.28. The van der Waals surface area contributed by atoms with Crippen LogP contribution >= 0.6 is 35.7 Å². The summed E-state index contributed by atoms with van der Waals surface area (Å²) in [4.78, 5) is 7.22. The van der Waals surface area contributed by atoms with Gasteiger partial charge in [0.2, 0.25) is 0 Å². The van der Waals surface area contributed by atoms with Crippen molar-refractivity contribution in [3.05, 3.63) is 29.8 Å². The summed E-state index contributed by atoms with van der Waals surface area (Å²) in [5.41, 5.74) is 0.601. The van der Waals surface area contributed by atoms with Gasteiger partial charge in [0.25, 0.3) is 0 Å². The van der Waals surface area contributed by atoms with E-state index in [2.05, 4.69) is 45.6 Å². The van der Waals surface area contributed by atoms with Crippen LogP contribution in [0.15, 0.2) is 29.3 Å². The topological polar surface area (TPSA) is 69.1 Å². The second-order valence-electron chi connectivity index (χ2n) is 7.64. The number of aliphatic hydroxyl groups is 1. The van der Waals surface area contributed by atoms with Crippen LogP contribution in [-0.4, -0.2) is 72.9 Å². The summed E-state index contributed by atoms with van der Waals surface area (Å²) in [6.45, 7) is 6.32. The second kappa shape index (κ2) is 12.2. The molecule has 2 heterocycles. The Morgan fingerprint density at radius 3 is 2.79 bits per heavy atom. The predicted molar refractivity (Wildman–Crippen MR) is 133 cm³/mol. The Morgan fingerprint density at radius 1 is 1.34 bits per heavy atom. The lowest BCUT2D eigenvalue weighted by Gasteiger charge is -2.29. The van der Waals surface area contributed by atoms with Gasteiger partial charge in [-0.25, -0.2) is 0 Å². The summed E-state index contributed by atoms with van der Waals surface area (Å²) in [5.74, 6) is 3.46. The van der Waals surface area contributed by atoms with Crippen LogP contribution in [0.4, 0.5) is 0 Å². The number of hydrogen-bond acceptors (Lipinski definition) is 5. The van der Waals surface area contributed by atoms with Gasteiger partial charge in [0.15, 0.2) is 5.96 Å².